The molecule has 2 nitrogen and oxygen atoms in total. The van der Waals surface area contributed by atoms with Crippen LogP contribution in [-0.4, -0.2) is 29.8 Å². The van der Waals surface area contributed by atoms with E-state index >= 15 is 0 Å². The van der Waals surface area contributed by atoms with E-state index < -0.39 is 0 Å². The average Bonchev–Trinajstić information content (AvgIpc) is 3.36. The molecule has 1 aliphatic carbocycles. The van der Waals surface area contributed by atoms with Gasteiger partial charge in [0.25, 0.3) is 0 Å². The molecular formula is C21H26BrNO. The predicted octanol–water partition coefficient (Wildman–Crippen LogP) is 1.16. The molecule has 3 heteroatoms. The van der Waals surface area contributed by atoms with E-state index in [4.69, 9.17) is 4.74 Å². The molecule has 2 aromatic rings. The minimum absolute atomic E-state index is 0. The van der Waals surface area contributed by atoms with Crippen LogP contribution in [0.1, 0.15) is 30.4 Å². The highest BCUT2D eigenvalue weighted by molar-refractivity contribution is 5.16. The highest BCUT2D eigenvalue weighted by Gasteiger charge is 2.54. The molecule has 0 bridgehead atoms. The monoisotopic (exact) mass is 387 g/mol. The van der Waals surface area contributed by atoms with Crippen molar-refractivity contribution in [1.82, 2.24) is 0 Å². The summed E-state index contributed by atoms with van der Waals surface area (Å²) in [5.74, 6) is 0. The van der Waals surface area contributed by atoms with E-state index in [9.17, 15) is 0 Å². The molecule has 24 heavy (non-hydrogen) atoms. The lowest BCUT2D eigenvalue weighted by Gasteiger charge is -2.42. The lowest BCUT2D eigenvalue weighted by molar-refractivity contribution is -0.960. The van der Waals surface area contributed by atoms with Crippen molar-refractivity contribution in [3.05, 3.63) is 71.8 Å². The van der Waals surface area contributed by atoms with Gasteiger partial charge in [0, 0.05) is 17.5 Å². The van der Waals surface area contributed by atoms with Crippen molar-refractivity contribution in [3.63, 3.8) is 0 Å². The van der Waals surface area contributed by atoms with E-state index in [1.54, 1.807) is 0 Å². The number of likely N-dealkylation sites (N-methyl/N-ethyl adjacent to an activating group) is 1. The van der Waals surface area contributed by atoms with Gasteiger partial charge in [-0.3, -0.25) is 0 Å². The molecule has 2 aromatic carbocycles. The zero-order chi connectivity index (χ0) is 15.7. The van der Waals surface area contributed by atoms with Gasteiger partial charge < -0.3 is 26.2 Å². The Morgan fingerprint density at radius 3 is 1.96 bits per heavy atom. The third kappa shape index (κ3) is 3.74. The highest BCUT2D eigenvalue weighted by atomic mass is 79.9. The number of quaternary nitrogens is 1. The van der Waals surface area contributed by atoms with E-state index in [-0.39, 0.29) is 17.0 Å². The van der Waals surface area contributed by atoms with Gasteiger partial charge in [0.2, 0.25) is 0 Å². The van der Waals surface area contributed by atoms with Gasteiger partial charge in [-0.15, -0.1) is 0 Å². The summed E-state index contributed by atoms with van der Waals surface area (Å²) in [6.07, 6.45) is 4.89. The number of ether oxygens (including phenoxy) is 1. The third-order valence-electron chi connectivity index (χ3n) is 5.56. The first-order valence-electron chi connectivity index (χ1n) is 8.82. The summed E-state index contributed by atoms with van der Waals surface area (Å²) in [5.41, 5.74) is 2.85. The molecule has 0 N–H and O–H groups in total. The topological polar surface area (TPSA) is 12.5 Å². The minimum Gasteiger partial charge on any atom is -1.00 e. The maximum absolute atomic E-state index is 6.00. The van der Waals surface area contributed by atoms with E-state index in [1.807, 2.05) is 0 Å². The standard InChI is InChI=1S/C21H26NO.BrH/c1-22(15-17-9-4-2-5-10-17,16-18-11-6-3-7-12-18)19-13-8-14-20-21(19)23-20;/h2-7,9-12,19-21H,8,13-16H2,1H3;1H/q+1;/p-1/t19-,20+,21-;/m1./s1. The van der Waals surface area contributed by atoms with Gasteiger partial charge in [-0.2, -0.15) is 0 Å². The summed E-state index contributed by atoms with van der Waals surface area (Å²) in [6.45, 7) is 2.15. The molecule has 1 saturated carbocycles. The van der Waals surface area contributed by atoms with Crippen LogP contribution >= 0.6 is 0 Å². The summed E-state index contributed by atoms with van der Waals surface area (Å²) in [6, 6.07) is 22.5. The second-order valence-corrected chi connectivity index (χ2v) is 7.40. The van der Waals surface area contributed by atoms with Crippen LogP contribution in [0.2, 0.25) is 0 Å². The van der Waals surface area contributed by atoms with E-state index in [1.165, 1.54) is 30.4 Å². The fourth-order valence-corrected chi connectivity index (χ4v) is 4.38. The second-order valence-electron chi connectivity index (χ2n) is 7.40. The smallest absolute Gasteiger partial charge is 0.136 e. The fraction of sp³-hybridized carbons (Fsp3) is 0.429. The number of hydrogen-bond acceptors (Lipinski definition) is 1. The highest BCUT2D eigenvalue weighted by Crippen LogP contribution is 2.42. The van der Waals surface area contributed by atoms with Crippen LogP contribution in [0.15, 0.2) is 60.7 Å². The van der Waals surface area contributed by atoms with Gasteiger partial charge in [0.1, 0.15) is 25.2 Å². The summed E-state index contributed by atoms with van der Waals surface area (Å²) >= 11 is 0. The van der Waals surface area contributed by atoms with Crippen LogP contribution < -0.4 is 17.0 Å². The SMILES string of the molecule is C[N+](Cc1ccccc1)(Cc1ccccc1)[C@@H]1CCC[C@@H]2O[C@@H]21.[Br-]. The number of rotatable bonds is 5. The van der Waals surface area contributed by atoms with Crippen molar-refractivity contribution in [3.8, 4) is 0 Å². The number of hydrogen-bond donors (Lipinski definition) is 0. The number of benzene rings is 2. The van der Waals surface area contributed by atoms with Crippen LogP contribution in [-0.2, 0) is 17.8 Å². The number of halogens is 1. The zero-order valence-corrected chi connectivity index (χ0v) is 15.9. The maximum Gasteiger partial charge on any atom is 0.136 e. The molecule has 2 fully saturated rings. The summed E-state index contributed by atoms with van der Waals surface area (Å²) in [7, 11) is 2.43. The third-order valence-corrected chi connectivity index (χ3v) is 5.56. The van der Waals surface area contributed by atoms with Crippen molar-refractivity contribution in [2.45, 2.75) is 50.6 Å². The molecule has 0 aromatic heterocycles. The largest absolute Gasteiger partial charge is 1.00 e. The Labute approximate surface area is 155 Å². The van der Waals surface area contributed by atoms with Gasteiger partial charge >= 0.3 is 0 Å². The Kier molecular flexibility index (Phi) is 5.43. The molecule has 3 atom stereocenters. The van der Waals surface area contributed by atoms with Gasteiger partial charge in [-0.05, 0) is 12.8 Å². The Hall–Kier alpha value is -1.16. The number of nitrogens with zero attached hydrogens (tertiary/aromatic N) is 1. The quantitative estimate of drug-likeness (QED) is 0.553. The first-order valence-corrected chi connectivity index (χ1v) is 8.82. The maximum atomic E-state index is 6.00. The van der Waals surface area contributed by atoms with Crippen molar-refractivity contribution < 1.29 is 26.2 Å². The molecular weight excluding hydrogens is 362 g/mol. The average molecular weight is 388 g/mol. The molecule has 0 radical (unpaired) electrons. The molecule has 4 rings (SSSR count). The fourth-order valence-electron chi connectivity index (χ4n) is 4.38. The number of epoxide rings is 1. The number of fused-ring (bicyclic) bond motifs is 1. The van der Waals surface area contributed by atoms with E-state index in [2.05, 4.69) is 67.7 Å². The lowest BCUT2D eigenvalue weighted by Crippen LogP contribution is -3.00. The summed E-state index contributed by atoms with van der Waals surface area (Å²) in [5, 5.41) is 0. The Morgan fingerprint density at radius 2 is 1.42 bits per heavy atom. The Bertz CT molecular complexity index is 604. The Morgan fingerprint density at radius 1 is 0.875 bits per heavy atom. The van der Waals surface area contributed by atoms with Crippen molar-refractivity contribution in [2.24, 2.45) is 0 Å². The van der Waals surface area contributed by atoms with Crippen LogP contribution in [0.25, 0.3) is 0 Å². The predicted molar refractivity (Wildman–Crippen MR) is 92.8 cm³/mol. The van der Waals surface area contributed by atoms with Gasteiger partial charge in [-0.1, -0.05) is 60.7 Å². The molecule has 0 amide bonds. The van der Waals surface area contributed by atoms with Crippen molar-refractivity contribution in [2.75, 3.05) is 7.05 Å². The van der Waals surface area contributed by atoms with Crippen molar-refractivity contribution >= 4 is 0 Å². The van der Waals surface area contributed by atoms with Crippen molar-refractivity contribution in [1.29, 1.82) is 0 Å². The summed E-state index contributed by atoms with van der Waals surface area (Å²) in [4.78, 5) is 0. The zero-order valence-electron chi connectivity index (χ0n) is 14.3. The van der Waals surface area contributed by atoms with Crippen LogP contribution in [0.5, 0.6) is 0 Å². The first-order chi connectivity index (χ1) is 11.2. The van der Waals surface area contributed by atoms with Crippen LogP contribution in [0.3, 0.4) is 0 Å². The lowest BCUT2D eigenvalue weighted by atomic mass is 9.91. The van der Waals surface area contributed by atoms with Crippen LogP contribution in [0, 0.1) is 0 Å². The molecule has 0 spiro atoms. The molecule has 128 valence electrons. The first kappa shape index (κ1) is 17.7. The molecule has 1 saturated heterocycles. The second kappa shape index (κ2) is 7.38. The molecule has 1 aliphatic heterocycles. The molecule has 0 unspecified atom stereocenters. The Balaban J connectivity index is 0.00000169. The summed E-state index contributed by atoms with van der Waals surface area (Å²) < 4.78 is 7.05. The molecule has 1 heterocycles. The normalized spacial score (nSPS) is 25.5. The molecule has 2 aliphatic rings. The van der Waals surface area contributed by atoms with Gasteiger partial charge in [0.15, 0.2) is 0 Å². The minimum atomic E-state index is 0. The van der Waals surface area contributed by atoms with Gasteiger partial charge in [0.05, 0.1) is 13.2 Å². The van der Waals surface area contributed by atoms with Crippen LogP contribution in [0.4, 0.5) is 0 Å². The van der Waals surface area contributed by atoms with E-state index in [0.29, 0.717) is 18.2 Å². The van der Waals surface area contributed by atoms with E-state index in [0.717, 1.165) is 17.6 Å². The van der Waals surface area contributed by atoms with Gasteiger partial charge in [-0.25, -0.2) is 0 Å².